The van der Waals surface area contributed by atoms with Crippen LogP contribution in [-0.4, -0.2) is 42.8 Å². The van der Waals surface area contributed by atoms with E-state index in [2.05, 4.69) is 24.3 Å². The fourth-order valence-electron chi connectivity index (χ4n) is 6.40. The number of ether oxygens (including phenoxy) is 1. The molecule has 2 aliphatic carbocycles. The van der Waals surface area contributed by atoms with Crippen molar-refractivity contribution in [3.8, 4) is 11.5 Å². The topological polar surface area (TPSA) is 137 Å². The highest BCUT2D eigenvalue weighted by Crippen LogP contribution is 2.50. The molecule has 1 aromatic heterocycles. The first kappa shape index (κ1) is 27.4. The van der Waals surface area contributed by atoms with Crippen molar-refractivity contribution in [2.24, 2.45) is 11.5 Å². The van der Waals surface area contributed by atoms with E-state index in [9.17, 15) is 9.59 Å². The van der Waals surface area contributed by atoms with Gasteiger partial charge in [-0.05, 0) is 87.3 Å². The minimum absolute atomic E-state index is 0.0625. The molecular weight excluding hydrogens is 534 g/mol. The zero-order chi connectivity index (χ0) is 29.1. The Balaban J connectivity index is 1.41. The number of ketones is 1. The maximum absolute atomic E-state index is 14.2. The number of nitrogen functional groups attached to an aromatic ring is 1. The number of nitrogens with two attached hydrogens (primary N) is 3. The summed E-state index contributed by atoms with van der Waals surface area (Å²) in [5.74, 6) is 0.760. The fraction of sp³-hybridized carbons (Fsp3) is 0.312. The molecular formula is C32H35N5O3S. The zero-order valence-electron chi connectivity index (χ0n) is 23.4. The van der Waals surface area contributed by atoms with Gasteiger partial charge in [0.2, 0.25) is 0 Å². The predicted octanol–water partition coefficient (Wildman–Crippen LogP) is 4.58. The molecule has 8 nitrogen and oxygen atoms in total. The van der Waals surface area contributed by atoms with Crippen LogP contribution in [0.3, 0.4) is 0 Å². The molecule has 2 aliphatic rings. The van der Waals surface area contributed by atoms with Crippen LogP contribution in [0.15, 0.2) is 60.7 Å². The smallest absolute Gasteiger partial charge is 0.261 e. The van der Waals surface area contributed by atoms with Gasteiger partial charge in [0.1, 0.15) is 17.0 Å². The van der Waals surface area contributed by atoms with Crippen LogP contribution >= 0.6 is 11.3 Å². The summed E-state index contributed by atoms with van der Waals surface area (Å²) in [7, 11) is 4.12. The molecule has 4 aromatic rings. The first-order valence-electron chi connectivity index (χ1n) is 13.8. The Hall–Kier alpha value is -3.76. The van der Waals surface area contributed by atoms with Crippen LogP contribution in [0.4, 0.5) is 5.69 Å². The third-order valence-electron chi connectivity index (χ3n) is 8.59. The summed E-state index contributed by atoms with van der Waals surface area (Å²) in [5, 5.41) is 3.90. The third kappa shape index (κ3) is 4.49. The summed E-state index contributed by atoms with van der Waals surface area (Å²) in [4.78, 5) is 30.4. The highest BCUT2D eigenvalue weighted by atomic mass is 32.1. The molecule has 1 heterocycles. The number of hydrogen-bond donors (Lipinski definition) is 4. The molecule has 0 radical (unpaired) electrons. The quantitative estimate of drug-likeness (QED) is 0.250. The summed E-state index contributed by atoms with van der Waals surface area (Å²) < 4.78 is 6.73. The second kappa shape index (κ2) is 10.3. The molecule has 9 heteroatoms. The van der Waals surface area contributed by atoms with Gasteiger partial charge in [0.05, 0.1) is 15.6 Å². The Bertz CT molecular complexity index is 1670. The first-order chi connectivity index (χ1) is 19.6. The minimum Gasteiger partial charge on any atom is -0.457 e. The van der Waals surface area contributed by atoms with Crippen molar-refractivity contribution in [1.29, 1.82) is 0 Å². The van der Waals surface area contributed by atoms with Gasteiger partial charge in [-0.2, -0.15) is 0 Å². The predicted molar refractivity (Wildman–Crippen MR) is 163 cm³/mol. The van der Waals surface area contributed by atoms with E-state index in [4.69, 9.17) is 21.9 Å². The molecule has 0 bridgehead atoms. The summed E-state index contributed by atoms with van der Waals surface area (Å²) >= 11 is 1.28. The summed E-state index contributed by atoms with van der Waals surface area (Å²) in [5.41, 5.74) is 21.7. The molecule has 3 aromatic carbocycles. The monoisotopic (exact) mass is 569 g/mol. The zero-order valence-corrected chi connectivity index (χ0v) is 24.3. The van der Waals surface area contributed by atoms with E-state index in [1.54, 1.807) is 12.1 Å². The molecule has 2 unspecified atom stereocenters. The van der Waals surface area contributed by atoms with Crippen molar-refractivity contribution < 1.29 is 14.3 Å². The molecule has 0 saturated heterocycles. The number of carbonyl (C=O) groups excluding carboxylic acids is 2. The van der Waals surface area contributed by atoms with E-state index in [0.717, 1.165) is 29.5 Å². The van der Waals surface area contributed by atoms with Gasteiger partial charge in [-0.15, -0.1) is 11.3 Å². The number of hydrogen-bond acceptors (Lipinski definition) is 8. The van der Waals surface area contributed by atoms with Crippen LogP contribution in [0, 0.1) is 6.92 Å². The molecule has 4 atom stereocenters. The summed E-state index contributed by atoms with van der Waals surface area (Å²) in [6.45, 7) is 1.90. The van der Waals surface area contributed by atoms with Crippen LogP contribution in [0.1, 0.15) is 57.2 Å². The molecule has 212 valence electrons. The van der Waals surface area contributed by atoms with Gasteiger partial charge in [-0.1, -0.05) is 30.3 Å². The van der Waals surface area contributed by atoms with Gasteiger partial charge >= 0.3 is 0 Å². The van der Waals surface area contributed by atoms with E-state index in [0.29, 0.717) is 50.2 Å². The number of nitrogens with one attached hydrogen (secondary N) is 1. The Morgan fingerprint density at radius 1 is 1.05 bits per heavy atom. The number of nitrogens with zero attached hydrogens (tertiary/aromatic N) is 1. The van der Waals surface area contributed by atoms with Gasteiger partial charge in [-0.3, -0.25) is 9.59 Å². The summed E-state index contributed by atoms with van der Waals surface area (Å²) in [6.07, 6.45) is 2.81. The number of para-hydroxylation sites is 1. The lowest BCUT2D eigenvalue weighted by molar-refractivity contribution is -0.124. The Morgan fingerprint density at radius 3 is 2.46 bits per heavy atom. The van der Waals surface area contributed by atoms with E-state index >= 15 is 0 Å². The third-order valence-corrected chi connectivity index (χ3v) is 9.84. The van der Waals surface area contributed by atoms with Crippen molar-refractivity contribution in [2.75, 3.05) is 19.8 Å². The molecule has 7 N–H and O–H groups in total. The van der Waals surface area contributed by atoms with Gasteiger partial charge in [-0.25, -0.2) is 0 Å². The lowest BCUT2D eigenvalue weighted by Crippen LogP contribution is -2.53. The number of aryl methyl sites for hydroxylation is 1. The van der Waals surface area contributed by atoms with Crippen molar-refractivity contribution in [3.05, 3.63) is 87.8 Å². The van der Waals surface area contributed by atoms with Crippen LogP contribution in [0.5, 0.6) is 11.5 Å². The average molecular weight is 570 g/mol. The maximum atomic E-state index is 14.2. The summed E-state index contributed by atoms with van der Waals surface area (Å²) in [6, 6.07) is 18.0. The van der Waals surface area contributed by atoms with E-state index in [-0.39, 0.29) is 17.7 Å². The molecule has 0 spiro atoms. The van der Waals surface area contributed by atoms with Crippen molar-refractivity contribution in [1.82, 2.24) is 10.2 Å². The second-order valence-electron chi connectivity index (χ2n) is 11.4. The van der Waals surface area contributed by atoms with Gasteiger partial charge < -0.3 is 32.2 Å². The number of anilines is 1. The maximum Gasteiger partial charge on any atom is 0.261 e. The van der Waals surface area contributed by atoms with Crippen LogP contribution in [0.2, 0.25) is 0 Å². The van der Waals surface area contributed by atoms with E-state index in [1.807, 2.05) is 55.5 Å². The Morgan fingerprint density at radius 2 is 1.78 bits per heavy atom. The average Bonchev–Trinajstić information content (AvgIpc) is 3.58. The molecule has 0 aliphatic heterocycles. The SMILES string of the molecule is Cc1cc(Oc2ccccc2)ccc1C1(N)C(=O)C(N)c2c(C(=O)N[C@H]3CC[C@@H](N(C)C)C3)sc3c(N)ccc1c23. The number of benzene rings is 3. The van der Waals surface area contributed by atoms with Crippen molar-refractivity contribution >= 4 is 38.8 Å². The normalized spacial score (nSPS) is 23.8. The van der Waals surface area contributed by atoms with Crippen molar-refractivity contribution in [3.63, 3.8) is 0 Å². The molecule has 41 heavy (non-hydrogen) atoms. The lowest BCUT2D eigenvalue weighted by Gasteiger charge is -2.37. The number of rotatable bonds is 6. The van der Waals surface area contributed by atoms with Gasteiger partial charge in [0.25, 0.3) is 5.91 Å². The lowest BCUT2D eigenvalue weighted by atomic mass is 9.69. The minimum atomic E-state index is -1.52. The number of Topliss-reactive ketones (excluding diaryl/α,β-unsaturated/α-hetero) is 1. The highest BCUT2D eigenvalue weighted by molar-refractivity contribution is 7.21. The number of thiophene rings is 1. The second-order valence-corrected chi connectivity index (χ2v) is 12.4. The van der Waals surface area contributed by atoms with E-state index in [1.165, 1.54) is 11.3 Å². The molecule has 6 rings (SSSR count). The molecule has 1 amide bonds. The van der Waals surface area contributed by atoms with E-state index < -0.39 is 11.6 Å². The Kier molecular flexibility index (Phi) is 6.86. The largest absolute Gasteiger partial charge is 0.457 e. The fourth-order valence-corrected chi connectivity index (χ4v) is 7.61. The van der Waals surface area contributed by atoms with Crippen molar-refractivity contribution in [2.45, 2.75) is 49.9 Å². The number of amides is 1. The van der Waals surface area contributed by atoms with Gasteiger partial charge in [0.15, 0.2) is 5.78 Å². The molecule has 1 saturated carbocycles. The van der Waals surface area contributed by atoms with Crippen LogP contribution in [-0.2, 0) is 10.3 Å². The highest BCUT2D eigenvalue weighted by Gasteiger charge is 2.49. The number of carbonyl (C=O) groups is 2. The Labute approximate surface area is 243 Å². The van der Waals surface area contributed by atoms with Crippen LogP contribution < -0.4 is 27.3 Å². The molecule has 1 fully saturated rings. The van der Waals surface area contributed by atoms with Crippen LogP contribution in [0.25, 0.3) is 10.1 Å². The first-order valence-corrected chi connectivity index (χ1v) is 14.7. The standard InChI is InChI=1S/C32H35N5O3S/c1-17-15-21(40-20-7-5-4-6-8-20)11-12-22(17)32(35)23-13-14-24(33)28-25(23)26(27(34)30(32)38)29(41-28)31(39)36-18-9-10-19(16-18)37(2)3/h4-8,11-15,18-19,27H,9-10,16,33-35H2,1-3H3,(H,36,39)/t18-,19+,27?,32?/m0/s1. The van der Waals surface area contributed by atoms with Gasteiger partial charge in [0, 0.05) is 28.7 Å².